The Bertz CT molecular complexity index is 937. The lowest BCUT2D eigenvalue weighted by Crippen LogP contribution is -2.26. The molecule has 0 aliphatic carbocycles. The minimum atomic E-state index is -4.70. The van der Waals surface area contributed by atoms with Gasteiger partial charge >= 0.3 is 25.7 Å². The first-order valence-electron chi connectivity index (χ1n) is 8.85. The molecule has 0 saturated heterocycles. The predicted molar refractivity (Wildman–Crippen MR) is 94.7 cm³/mol. The van der Waals surface area contributed by atoms with Crippen LogP contribution in [0.4, 0.5) is 22.0 Å². The Labute approximate surface area is 172 Å². The number of aliphatic carboxylic acids is 1. The van der Waals surface area contributed by atoms with Gasteiger partial charge in [-0.3, -0.25) is 9.36 Å². The summed E-state index contributed by atoms with van der Waals surface area (Å²) in [4.78, 5) is 15.0. The number of carboxylic acid groups (broad SMARTS) is 1. The second-order valence-corrected chi connectivity index (χ2v) is 8.31. The predicted octanol–water partition coefficient (Wildman–Crippen LogP) is 4.49. The molecule has 31 heavy (non-hydrogen) atoms. The highest BCUT2D eigenvalue weighted by Gasteiger charge is 2.44. The number of carboxylic acids is 1. The zero-order valence-electron chi connectivity index (χ0n) is 16.2. The summed E-state index contributed by atoms with van der Waals surface area (Å²) in [6, 6.07) is 2.09. The van der Waals surface area contributed by atoms with Crippen molar-refractivity contribution >= 4 is 13.6 Å². The molecule has 0 amide bonds. The fourth-order valence-corrected chi connectivity index (χ4v) is 4.34. The van der Waals surface area contributed by atoms with E-state index in [1.165, 1.54) is 13.8 Å². The van der Waals surface area contributed by atoms with Crippen molar-refractivity contribution in [2.45, 2.75) is 38.0 Å². The van der Waals surface area contributed by atoms with Crippen LogP contribution in [-0.4, -0.2) is 40.1 Å². The molecule has 0 radical (unpaired) electrons. The topological polar surface area (TPSA) is 112 Å². The fourth-order valence-electron chi connectivity index (χ4n) is 2.54. The van der Waals surface area contributed by atoms with Gasteiger partial charge in [0.25, 0.3) is 0 Å². The van der Waals surface area contributed by atoms with Crippen molar-refractivity contribution in [2.75, 3.05) is 13.2 Å². The zero-order valence-corrected chi connectivity index (χ0v) is 17.1. The number of hydrogen-bond donors (Lipinski definition) is 1. The highest BCUT2D eigenvalue weighted by atomic mass is 31.2. The van der Waals surface area contributed by atoms with Crippen LogP contribution < -0.4 is 0 Å². The van der Waals surface area contributed by atoms with Gasteiger partial charge in [0.1, 0.15) is 0 Å². The van der Waals surface area contributed by atoms with Crippen LogP contribution in [0.5, 0.6) is 0 Å². The van der Waals surface area contributed by atoms with Gasteiger partial charge in [-0.25, -0.2) is 0 Å². The second kappa shape index (κ2) is 9.41. The molecule has 1 aromatic carbocycles. The van der Waals surface area contributed by atoms with Crippen molar-refractivity contribution in [1.29, 1.82) is 0 Å². The fraction of sp³-hybridized carbons (Fsp3) is 0.471. The zero-order chi connectivity index (χ0) is 23.4. The van der Waals surface area contributed by atoms with Crippen LogP contribution in [0.15, 0.2) is 28.8 Å². The summed E-state index contributed by atoms with van der Waals surface area (Å²) in [7, 11) is -4.18. The Morgan fingerprint density at radius 3 is 2.06 bits per heavy atom. The molecular weight excluding hydrogens is 454 g/mol. The van der Waals surface area contributed by atoms with Crippen molar-refractivity contribution in [3.8, 4) is 0 Å². The number of rotatable bonds is 10. The minimum Gasteiger partial charge on any atom is -0.481 e. The maximum Gasteiger partial charge on any atom is 0.416 e. The third kappa shape index (κ3) is 5.66. The summed E-state index contributed by atoms with van der Waals surface area (Å²) in [5, 5.41) is 12.5. The molecule has 0 spiro atoms. The molecule has 0 saturated carbocycles. The molecule has 2 rings (SSSR count). The van der Waals surface area contributed by atoms with Gasteiger partial charge in [0.15, 0.2) is 5.66 Å². The first kappa shape index (κ1) is 24.9. The van der Waals surface area contributed by atoms with E-state index < -0.39 is 60.6 Å². The van der Waals surface area contributed by atoms with Crippen molar-refractivity contribution in [1.82, 2.24) is 10.1 Å². The van der Waals surface area contributed by atoms with E-state index in [0.717, 1.165) is 0 Å². The van der Waals surface area contributed by atoms with Crippen LogP contribution in [0.3, 0.4) is 0 Å². The van der Waals surface area contributed by atoms with Gasteiger partial charge in [-0.15, -0.1) is 0 Å². The monoisotopic (exact) mass is 472 g/mol. The number of nitrogens with zero attached hydrogens (tertiary/aromatic N) is 2. The molecule has 1 aromatic heterocycles. The summed E-state index contributed by atoms with van der Waals surface area (Å²) in [5.74, 6) is -7.32. The highest BCUT2D eigenvalue weighted by molar-refractivity contribution is 7.55. The number of hydrogen-bond acceptors (Lipinski definition) is 7. The van der Waals surface area contributed by atoms with E-state index in [-0.39, 0.29) is 13.2 Å². The van der Waals surface area contributed by atoms with E-state index in [9.17, 15) is 36.4 Å². The van der Waals surface area contributed by atoms with Crippen LogP contribution in [-0.2, 0) is 36.9 Å². The Balaban J connectivity index is 2.30. The Morgan fingerprint density at radius 2 is 1.61 bits per heavy atom. The SMILES string of the molecule is CCOP(=O)(OCC)C(Cc1nc(C(F)(F)c2ccc(C(F)(F)F)cc2)no1)C(=O)O. The summed E-state index contributed by atoms with van der Waals surface area (Å²) in [6.07, 6.45) is -5.43. The first-order chi connectivity index (χ1) is 14.3. The molecule has 1 heterocycles. The summed E-state index contributed by atoms with van der Waals surface area (Å²) < 4.78 is 94.4. The maximum absolute atomic E-state index is 14.6. The molecule has 1 atom stereocenters. The summed E-state index contributed by atoms with van der Waals surface area (Å²) in [5.41, 5.74) is -3.76. The third-order valence-corrected chi connectivity index (χ3v) is 6.38. The molecule has 172 valence electrons. The Hall–Kier alpha value is -2.37. The van der Waals surface area contributed by atoms with Crippen molar-refractivity contribution in [3.05, 3.63) is 47.1 Å². The smallest absolute Gasteiger partial charge is 0.416 e. The lowest BCUT2D eigenvalue weighted by Gasteiger charge is -2.22. The van der Waals surface area contributed by atoms with Gasteiger partial charge in [-0.2, -0.15) is 26.9 Å². The minimum absolute atomic E-state index is 0.137. The van der Waals surface area contributed by atoms with Crippen molar-refractivity contribution in [3.63, 3.8) is 0 Å². The molecule has 8 nitrogen and oxygen atoms in total. The number of halogens is 5. The average Bonchev–Trinajstić information content (AvgIpc) is 3.15. The van der Waals surface area contributed by atoms with E-state index in [1.807, 2.05) is 0 Å². The number of benzene rings is 1. The molecule has 0 aliphatic rings. The van der Waals surface area contributed by atoms with Crippen LogP contribution in [0.25, 0.3) is 0 Å². The maximum atomic E-state index is 14.6. The van der Waals surface area contributed by atoms with Crippen LogP contribution in [0.2, 0.25) is 0 Å². The quantitative estimate of drug-likeness (QED) is 0.398. The molecule has 0 fully saturated rings. The van der Waals surface area contributed by atoms with Crippen LogP contribution in [0.1, 0.15) is 36.7 Å². The standard InChI is InChI=1S/C17H18F5N2O6P/c1-3-28-31(27,29-4-2)12(14(25)26)9-13-23-15(24-30-13)16(18,19)10-5-7-11(8-6-10)17(20,21)22/h5-8,12H,3-4,9H2,1-2H3,(H,25,26). The van der Waals surface area contributed by atoms with E-state index in [4.69, 9.17) is 9.05 Å². The molecule has 2 aromatic rings. The van der Waals surface area contributed by atoms with Crippen LogP contribution >= 0.6 is 7.60 Å². The van der Waals surface area contributed by atoms with Gasteiger partial charge < -0.3 is 18.7 Å². The van der Waals surface area contributed by atoms with Gasteiger partial charge in [-0.05, 0) is 26.0 Å². The molecular formula is C17H18F5N2O6P. The number of aromatic nitrogens is 2. The lowest BCUT2D eigenvalue weighted by molar-refractivity contribution is -0.138. The van der Waals surface area contributed by atoms with Gasteiger partial charge in [-0.1, -0.05) is 17.3 Å². The molecule has 1 unspecified atom stereocenters. The van der Waals surface area contributed by atoms with Crippen molar-refractivity contribution in [2.24, 2.45) is 0 Å². The second-order valence-electron chi connectivity index (χ2n) is 6.09. The Kier molecular flexibility index (Phi) is 7.56. The molecule has 1 N–H and O–H groups in total. The van der Waals surface area contributed by atoms with Crippen LogP contribution in [0, 0.1) is 0 Å². The lowest BCUT2D eigenvalue weighted by atomic mass is 10.1. The van der Waals surface area contributed by atoms with Gasteiger partial charge in [0, 0.05) is 5.56 Å². The van der Waals surface area contributed by atoms with E-state index in [0.29, 0.717) is 24.3 Å². The average molecular weight is 472 g/mol. The van der Waals surface area contributed by atoms with E-state index in [1.54, 1.807) is 0 Å². The first-order valence-corrected chi connectivity index (χ1v) is 10.5. The molecule has 0 bridgehead atoms. The summed E-state index contributed by atoms with van der Waals surface area (Å²) in [6.45, 7) is 2.64. The number of carbonyl (C=O) groups is 1. The number of alkyl halides is 5. The van der Waals surface area contributed by atoms with E-state index >= 15 is 0 Å². The van der Waals surface area contributed by atoms with Gasteiger partial charge in [0.05, 0.1) is 25.2 Å². The van der Waals surface area contributed by atoms with E-state index in [2.05, 4.69) is 14.7 Å². The van der Waals surface area contributed by atoms with Gasteiger partial charge in [0.2, 0.25) is 11.7 Å². The Morgan fingerprint density at radius 1 is 1.10 bits per heavy atom. The third-order valence-electron chi connectivity index (χ3n) is 3.98. The summed E-state index contributed by atoms with van der Waals surface area (Å²) >= 11 is 0. The van der Waals surface area contributed by atoms with Crippen molar-refractivity contribution < 1.29 is 50.0 Å². The highest BCUT2D eigenvalue weighted by Crippen LogP contribution is 2.54. The normalized spacial score (nSPS) is 13.9. The molecule has 14 heteroatoms. The molecule has 0 aliphatic heterocycles. The largest absolute Gasteiger partial charge is 0.481 e.